The summed E-state index contributed by atoms with van der Waals surface area (Å²) in [7, 11) is 0. The number of carbonyl (C=O) groups is 2. The number of carbonyl (C=O) groups excluding carboxylic acids is 2. The van der Waals surface area contributed by atoms with Crippen LogP contribution >= 0.6 is 11.6 Å². The lowest BCUT2D eigenvalue weighted by molar-refractivity contribution is 0.0519. The summed E-state index contributed by atoms with van der Waals surface area (Å²) in [5.41, 5.74) is 0.0634. The van der Waals surface area contributed by atoms with Gasteiger partial charge in [0.15, 0.2) is 11.5 Å². The number of hydrogen-bond donors (Lipinski definition) is 1. The molecule has 1 N–H and O–H groups in total. The third-order valence-corrected chi connectivity index (χ3v) is 1.89. The average molecular weight is 217 g/mol. The molecule has 6 heteroatoms. The summed E-state index contributed by atoms with van der Waals surface area (Å²) in [4.78, 5) is 22.2. The topological polar surface area (TPSA) is 72.1 Å². The second-order valence-electron chi connectivity index (χ2n) is 2.54. The molecule has 0 bridgehead atoms. The van der Waals surface area contributed by atoms with Crippen molar-refractivity contribution in [3.63, 3.8) is 0 Å². The van der Waals surface area contributed by atoms with Crippen molar-refractivity contribution in [3.05, 3.63) is 16.4 Å². The van der Waals surface area contributed by atoms with Gasteiger partial charge in [-0.05, 0) is 6.92 Å². The standard InChI is InChI=1S/C8H9ClN2O3/c1-3-14-8(13)7-5(9)6(4(2)12)10-11-7/h3H2,1-2H3,(H,10,11). The minimum Gasteiger partial charge on any atom is -0.461 e. The van der Waals surface area contributed by atoms with E-state index in [1.165, 1.54) is 6.92 Å². The highest BCUT2D eigenvalue weighted by Crippen LogP contribution is 2.19. The van der Waals surface area contributed by atoms with Crippen molar-refractivity contribution in [1.29, 1.82) is 0 Å². The van der Waals surface area contributed by atoms with Crippen molar-refractivity contribution in [1.82, 2.24) is 10.2 Å². The van der Waals surface area contributed by atoms with Crippen molar-refractivity contribution in [2.75, 3.05) is 6.61 Å². The number of H-pyrrole nitrogens is 1. The second-order valence-corrected chi connectivity index (χ2v) is 2.92. The summed E-state index contributed by atoms with van der Waals surface area (Å²) in [6.45, 7) is 3.23. The quantitative estimate of drug-likeness (QED) is 0.613. The normalized spacial score (nSPS) is 9.93. The minimum absolute atomic E-state index is 0.0101. The highest BCUT2D eigenvalue weighted by atomic mass is 35.5. The van der Waals surface area contributed by atoms with Gasteiger partial charge in [-0.25, -0.2) is 4.79 Å². The first-order valence-electron chi connectivity index (χ1n) is 3.99. The molecular formula is C8H9ClN2O3. The number of hydrogen-bond acceptors (Lipinski definition) is 4. The molecule has 0 saturated heterocycles. The van der Waals surface area contributed by atoms with Gasteiger partial charge in [-0.15, -0.1) is 0 Å². The predicted molar refractivity (Wildman–Crippen MR) is 49.6 cm³/mol. The second kappa shape index (κ2) is 4.23. The lowest BCUT2D eigenvalue weighted by Crippen LogP contribution is -2.05. The third kappa shape index (κ3) is 1.93. The molecule has 0 atom stereocenters. The molecular weight excluding hydrogens is 208 g/mol. The van der Waals surface area contributed by atoms with E-state index in [0.29, 0.717) is 0 Å². The largest absolute Gasteiger partial charge is 0.461 e. The summed E-state index contributed by atoms with van der Waals surface area (Å²) >= 11 is 5.73. The van der Waals surface area contributed by atoms with Crippen molar-refractivity contribution >= 4 is 23.4 Å². The van der Waals surface area contributed by atoms with Gasteiger partial charge in [-0.3, -0.25) is 9.89 Å². The molecule has 0 fully saturated rings. The summed E-state index contributed by atoms with van der Waals surface area (Å²) in [5, 5.41) is 5.98. The number of Topliss-reactive ketones (excluding diaryl/α,β-unsaturated/α-hetero) is 1. The summed E-state index contributed by atoms with van der Waals surface area (Å²) < 4.78 is 4.70. The van der Waals surface area contributed by atoms with E-state index in [9.17, 15) is 9.59 Å². The zero-order valence-corrected chi connectivity index (χ0v) is 8.51. The number of halogens is 1. The third-order valence-electron chi connectivity index (χ3n) is 1.52. The molecule has 14 heavy (non-hydrogen) atoms. The van der Waals surface area contributed by atoms with Gasteiger partial charge in [0.05, 0.1) is 6.61 Å². The highest BCUT2D eigenvalue weighted by molar-refractivity contribution is 6.36. The van der Waals surface area contributed by atoms with Gasteiger partial charge in [0.1, 0.15) is 10.7 Å². The van der Waals surface area contributed by atoms with Crippen LogP contribution in [0.25, 0.3) is 0 Å². The van der Waals surface area contributed by atoms with Crippen molar-refractivity contribution < 1.29 is 14.3 Å². The van der Waals surface area contributed by atoms with E-state index in [2.05, 4.69) is 10.2 Å². The number of aromatic nitrogens is 2. The van der Waals surface area contributed by atoms with Crippen LogP contribution in [-0.4, -0.2) is 28.6 Å². The Kier molecular flexibility index (Phi) is 3.24. The number of ether oxygens (including phenoxy) is 1. The molecule has 76 valence electrons. The van der Waals surface area contributed by atoms with E-state index in [0.717, 1.165) is 0 Å². The molecule has 0 aliphatic heterocycles. The smallest absolute Gasteiger partial charge is 0.357 e. The molecule has 0 radical (unpaired) electrons. The highest BCUT2D eigenvalue weighted by Gasteiger charge is 2.20. The molecule has 1 aromatic heterocycles. The van der Waals surface area contributed by atoms with Crippen LogP contribution in [-0.2, 0) is 4.74 Å². The van der Waals surface area contributed by atoms with Crippen LogP contribution in [0.1, 0.15) is 34.8 Å². The van der Waals surface area contributed by atoms with Gasteiger partial charge in [0, 0.05) is 6.92 Å². The maximum absolute atomic E-state index is 11.2. The molecule has 0 spiro atoms. The van der Waals surface area contributed by atoms with E-state index >= 15 is 0 Å². The summed E-state index contributed by atoms with van der Waals surface area (Å²) in [6, 6.07) is 0. The summed E-state index contributed by atoms with van der Waals surface area (Å²) in [6.07, 6.45) is 0. The van der Waals surface area contributed by atoms with Crippen LogP contribution in [0, 0.1) is 0 Å². The lowest BCUT2D eigenvalue weighted by atomic mass is 10.3. The van der Waals surface area contributed by atoms with Gasteiger partial charge < -0.3 is 4.74 Å². The van der Waals surface area contributed by atoms with Gasteiger partial charge in [0.2, 0.25) is 0 Å². The van der Waals surface area contributed by atoms with E-state index in [-0.39, 0.29) is 28.8 Å². The number of rotatable bonds is 3. The lowest BCUT2D eigenvalue weighted by Gasteiger charge is -1.97. The van der Waals surface area contributed by atoms with Crippen molar-refractivity contribution in [2.24, 2.45) is 0 Å². The Labute approximate surface area is 85.4 Å². The maximum atomic E-state index is 11.2. The molecule has 1 aromatic rings. The summed E-state index contributed by atoms with van der Waals surface area (Å²) in [5.74, 6) is -0.917. The van der Waals surface area contributed by atoms with Gasteiger partial charge in [-0.2, -0.15) is 5.10 Å². The van der Waals surface area contributed by atoms with Crippen LogP contribution in [0.4, 0.5) is 0 Å². The van der Waals surface area contributed by atoms with E-state index in [1.807, 2.05) is 0 Å². The van der Waals surface area contributed by atoms with Crippen molar-refractivity contribution in [3.8, 4) is 0 Å². The van der Waals surface area contributed by atoms with Crippen LogP contribution in [0.3, 0.4) is 0 Å². The molecule has 1 rings (SSSR count). The first kappa shape index (κ1) is 10.7. The molecule has 1 heterocycles. The fourth-order valence-corrected chi connectivity index (χ4v) is 1.19. The SMILES string of the molecule is CCOC(=O)c1[nH]nc(C(C)=O)c1Cl. The Hall–Kier alpha value is -1.36. The fraction of sp³-hybridized carbons (Fsp3) is 0.375. The van der Waals surface area contributed by atoms with Gasteiger partial charge in [0.25, 0.3) is 0 Å². The van der Waals surface area contributed by atoms with Crippen molar-refractivity contribution in [2.45, 2.75) is 13.8 Å². The fourth-order valence-electron chi connectivity index (χ4n) is 0.900. The molecule has 0 amide bonds. The number of aromatic amines is 1. The van der Waals surface area contributed by atoms with Gasteiger partial charge >= 0.3 is 5.97 Å². The molecule has 0 aliphatic carbocycles. The van der Waals surface area contributed by atoms with Gasteiger partial charge in [-0.1, -0.05) is 11.6 Å². The Balaban J connectivity index is 3.00. The molecule has 0 aliphatic rings. The number of ketones is 1. The first-order valence-corrected chi connectivity index (χ1v) is 4.37. The van der Waals surface area contributed by atoms with Crippen LogP contribution < -0.4 is 0 Å². The molecule has 5 nitrogen and oxygen atoms in total. The molecule has 0 saturated carbocycles. The Bertz CT molecular complexity index is 373. The predicted octanol–water partition coefficient (Wildman–Crippen LogP) is 1.44. The Morgan fingerprint density at radius 2 is 2.21 bits per heavy atom. The molecule has 0 aromatic carbocycles. The van der Waals surface area contributed by atoms with Crippen LogP contribution in [0.5, 0.6) is 0 Å². The average Bonchev–Trinajstić information content (AvgIpc) is 2.47. The number of nitrogens with one attached hydrogen (secondary N) is 1. The zero-order chi connectivity index (χ0) is 10.7. The van der Waals surface area contributed by atoms with Crippen LogP contribution in [0.15, 0.2) is 0 Å². The first-order chi connectivity index (χ1) is 6.57. The van der Waals surface area contributed by atoms with E-state index in [1.54, 1.807) is 6.92 Å². The minimum atomic E-state index is -0.613. The number of nitrogens with zero attached hydrogens (tertiary/aromatic N) is 1. The van der Waals surface area contributed by atoms with E-state index < -0.39 is 5.97 Å². The Morgan fingerprint density at radius 1 is 1.57 bits per heavy atom. The van der Waals surface area contributed by atoms with E-state index in [4.69, 9.17) is 16.3 Å². The molecule has 0 unspecified atom stereocenters. The number of esters is 1. The monoisotopic (exact) mass is 216 g/mol. The zero-order valence-electron chi connectivity index (χ0n) is 7.76. The van der Waals surface area contributed by atoms with Crippen LogP contribution in [0.2, 0.25) is 5.02 Å². The maximum Gasteiger partial charge on any atom is 0.357 e. The Morgan fingerprint density at radius 3 is 2.64 bits per heavy atom.